The minimum Gasteiger partial charge on any atom is -0.380 e. The van der Waals surface area contributed by atoms with E-state index in [2.05, 4.69) is 79.6 Å². The predicted molar refractivity (Wildman–Crippen MR) is 96.9 cm³/mol. The van der Waals surface area contributed by atoms with Crippen LogP contribution in [0.15, 0.2) is 57.5 Å². The van der Waals surface area contributed by atoms with Crippen molar-refractivity contribution in [3.63, 3.8) is 0 Å². The van der Waals surface area contributed by atoms with Gasteiger partial charge in [0.2, 0.25) is 0 Å². The Kier molecular flexibility index (Phi) is 5.02. The fourth-order valence-corrected chi connectivity index (χ4v) is 4.36. The Morgan fingerprint density at radius 2 is 1.38 bits per heavy atom. The molecular weight excluding hydrogens is 390 g/mol. The van der Waals surface area contributed by atoms with Crippen LogP contribution in [0.3, 0.4) is 0 Å². The van der Waals surface area contributed by atoms with Gasteiger partial charge in [-0.2, -0.15) is 0 Å². The first-order chi connectivity index (χ1) is 10.2. The van der Waals surface area contributed by atoms with Gasteiger partial charge in [0.25, 0.3) is 0 Å². The van der Waals surface area contributed by atoms with E-state index >= 15 is 0 Å². The Balaban J connectivity index is 1.62. The molecule has 110 valence electrons. The molecule has 3 heteroatoms. The smallest absolute Gasteiger partial charge is 0.0631 e. The Hall–Kier alpha value is -0.800. The van der Waals surface area contributed by atoms with Gasteiger partial charge in [-0.1, -0.05) is 36.4 Å². The van der Waals surface area contributed by atoms with Crippen LogP contribution in [-0.4, -0.2) is 6.04 Å². The maximum absolute atomic E-state index is 3.70. The molecule has 0 aromatic heterocycles. The van der Waals surface area contributed by atoms with Gasteiger partial charge >= 0.3 is 0 Å². The molecule has 0 heterocycles. The van der Waals surface area contributed by atoms with Gasteiger partial charge in [-0.3, -0.25) is 0 Å². The lowest BCUT2D eigenvalue weighted by molar-refractivity contribution is 0.412. The number of hydrogen-bond donors (Lipinski definition) is 1. The fourth-order valence-electron chi connectivity index (χ4n) is 3.14. The lowest BCUT2D eigenvalue weighted by Gasteiger charge is -2.30. The number of para-hydroxylation sites is 1. The fraction of sp³-hybridized carbons (Fsp3) is 0.333. The second kappa shape index (κ2) is 6.97. The summed E-state index contributed by atoms with van der Waals surface area (Å²) in [4.78, 5) is 0. The number of hydrogen-bond acceptors (Lipinski definition) is 1. The summed E-state index contributed by atoms with van der Waals surface area (Å²) >= 11 is 7.26. The molecule has 21 heavy (non-hydrogen) atoms. The quantitative estimate of drug-likeness (QED) is 0.623. The Morgan fingerprint density at radius 1 is 0.762 bits per heavy atom. The molecule has 1 saturated carbocycles. The highest BCUT2D eigenvalue weighted by atomic mass is 79.9. The van der Waals surface area contributed by atoms with Gasteiger partial charge in [-0.05, 0) is 81.2 Å². The minimum absolute atomic E-state index is 0.569. The average Bonchev–Trinajstić information content (AvgIpc) is 2.53. The first kappa shape index (κ1) is 15.1. The molecule has 1 N–H and O–H groups in total. The van der Waals surface area contributed by atoms with Crippen LogP contribution in [0.5, 0.6) is 0 Å². The number of halogens is 2. The summed E-state index contributed by atoms with van der Waals surface area (Å²) in [5.74, 6) is 0.729. The first-order valence-corrected chi connectivity index (χ1v) is 9.08. The largest absolute Gasteiger partial charge is 0.380 e. The molecule has 0 atom stereocenters. The third kappa shape index (κ3) is 3.70. The van der Waals surface area contributed by atoms with Crippen LogP contribution in [0.2, 0.25) is 0 Å². The molecule has 1 fully saturated rings. The SMILES string of the molecule is Brc1cccc(Br)c1NC1CCC(c2ccccc2)CC1. The van der Waals surface area contributed by atoms with Crippen molar-refractivity contribution in [1.82, 2.24) is 0 Å². The van der Waals surface area contributed by atoms with Crippen molar-refractivity contribution in [2.75, 3.05) is 5.32 Å². The van der Waals surface area contributed by atoms with Crippen molar-refractivity contribution in [2.24, 2.45) is 0 Å². The standard InChI is InChI=1S/C18H19Br2N/c19-16-7-4-8-17(20)18(16)21-15-11-9-14(10-12-15)13-5-2-1-3-6-13/h1-8,14-15,21H,9-12H2. The topological polar surface area (TPSA) is 12.0 Å². The molecule has 0 radical (unpaired) electrons. The van der Waals surface area contributed by atoms with E-state index in [1.54, 1.807) is 0 Å². The summed E-state index contributed by atoms with van der Waals surface area (Å²) in [6.07, 6.45) is 4.99. The molecule has 2 aromatic carbocycles. The number of rotatable bonds is 3. The van der Waals surface area contributed by atoms with E-state index in [0.29, 0.717) is 6.04 Å². The maximum atomic E-state index is 3.70. The van der Waals surface area contributed by atoms with Gasteiger partial charge in [0, 0.05) is 15.0 Å². The highest BCUT2D eigenvalue weighted by molar-refractivity contribution is 9.11. The number of nitrogens with one attached hydrogen (secondary N) is 1. The van der Waals surface area contributed by atoms with Crippen molar-refractivity contribution < 1.29 is 0 Å². The van der Waals surface area contributed by atoms with Crippen molar-refractivity contribution in [3.8, 4) is 0 Å². The highest BCUT2D eigenvalue weighted by Crippen LogP contribution is 2.37. The zero-order valence-corrected chi connectivity index (χ0v) is 15.0. The molecule has 3 rings (SSSR count). The third-order valence-electron chi connectivity index (χ3n) is 4.31. The molecule has 0 bridgehead atoms. The molecular formula is C18H19Br2N. The van der Waals surface area contributed by atoms with Gasteiger partial charge < -0.3 is 5.32 Å². The van der Waals surface area contributed by atoms with Gasteiger partial charge in [-0.25, -0.2) is 0 Å². The second-order valence-corrected chi connectivity index (χ2v) is 7.41. The molecule has 0 aliphatic heterocycles. The molecule has 1 aliphatic carbocycles. The zero-order chi connectivity index (χ0) is 14.7. The lowest BCUT2D eigenvalue weighted by Crippen LogP contribution is -2.25. The van der Waals surface area contributed by atoms with Gasteiger partial charge in [0.05, 0.1) is 5.69 Å². The molecule has 0 saturated heterocycles. The van der Waals surface area contributed by atoms with Crippen molar-refractivity contribution in [1.29, 1.82) is 0 Å². The maximum Gasteiger partial charge on any atom is 0.0631 e. The van der Waals surface area contributed by atoms with Gasteiger partial charge in [0.1, 0.15) is 0 Å². The van der Waals surface area contributed by atoms with Crippen molar-refractivity contribution >= 4 is 37.5 Å². The molecule has 1 nitrogen and oxygen atoms in total. The molecule has 2 aromatic rings. The van der Waals surface area contributed by atoms with Crippen molar-refractivity contribution in [2.45, 2.75) is 37.6 Å². The summed E-state index contributed by atoms with van der Waals surface area (Å²) in [6.45, 7) is 0. The first-order valence-electron chi connectivity index (χ1n) is 7.49. The van der Waals surface area contributed by atoms with E-state index in [-0.39, 0.29) is 0 Å². The third-order valence-corrected chi connectivity index (χ3v) is 5.63. The van der Waals surface area contributed by atoms with Crippen LogP contribution >= 0.6 is 31.9 Å². The Bertz CT molecular complexity index is 569. The molecule has 0 unspecified atom stereocenters. The molecule has 0 spiro atoms. The minimum atomic E-state index is 0.569. The number of anilines is 1. The van der Waals surface area contributed by atoms with Crippen LogP contribution in [0.1, 0.15) is 37.2 Å². The summed E-state index contributed by atoms with van der Waals surface area (Å²) in [7, 11) is 0. The normalized spacial score (nSPS) is 22.0. The Labute approximate surface area is 143 Å². The summed E-state index contributed by atoms with van der Waals surface area (Å²) in [6, 6.07) is 17.7. The van der Waals surface area contributed by atoms with Crippen molar-refractivity contribution in [3.05, 3.63) is 63.0 Å². The van der Waals surface area contributed by atoms with Crippen LogP contribution < -0.4 is 5.32 Å². The average molecular weight is 409 g/mol. The van der Waals surface area contributed by atoms with Crippen LogP contribution in [0.4, 0.5) is 5.69 Å². The van der Waals surface area contributed by atoms with Crippen LogP contribution in [0, 0.1) is 0 Å². The van der Waals surface area contributed by atoms with E-state index in [4.69, 9.17) is 0 Å². The van der Waals surface area contributed by atoms with Crippen LogP contribution in [-0.2, 0) is 0 Å². The van der Waals surface area contributed by atoms with Gasteiger partial charge in [-0.15, -0.1) is 0 Å². The second-order valence-electron chi connectivity index (χ2n) is 5.70. The predicted octanol–water partition coefficient (Wildman–Crippen LogP) is 6.35. The lowest BCUT2D eigenvalue weighted by atomic mass is 9.82. The summed E-state index contributed by atoms with van der Waals surface area (Å²) in [5.41, 5.74) is 2.68. The van der Waals surface area contributed by atoms with E-state index in [9.17, 15) is 0 Å². The molecule has 0 amide bonds. The number of benzene rings is 2. The van der Waals surface area contributed by atoms with E-state index < -0.39 is 0 Å². The Morgan fingerprint density at radius 3 is 2.00 bits per heavy atom. The van der Waals surface area contributed by atoms with Gasteiger partial charge in [0.15, 0.2) is 0 Å². The highest BCUT2D eigenvalue weighted by Gasteiger charge is 2.23. The monoisotopic (exact) mass is 407 g/mol. The zero-order valence-electron chi connectivity index (χ0n) is 11.9. The van der Waals surface area contributed by atoms with E-state index in [0.717, 1.165) is 14.9 Å². The van der Waals surface area contributed by atoms with E-state index in [1.807, 2.05) is 6.07 Å². The molecule has 1 aliphatic rings. The van der Waals surface area contributed by atoms with E-state index in [1.165, 1.54) is 36.9 Å². The summed E-state index contributed by atoms with van der Waals surface area (Å²) < 4.78 is 2.25. The van der Waals surface area contributed by atoms with Crippen LogP contribution in [0.25, 0.3) is 0 Å². The summed E-state index contributed by atoms with van der Waals surface area (Å²) in [5, 5.41) is 3.70.